The minimum Gasteiger partial charge on any atom is -0.331 e. The molecule has 4 atom stereocenters. The molecule has 50 heavy (non-hydrogen) atoms. The minimum absolute atomic E-state index is 0.0315. The van der Waals surface area contributed by atoms with Gasteiger partial charge in [-0.15, -0.1) is 0 Å². The number of rotatable bonds is 2. The molecule has 2 aromatic rings. The van der Waals surface area contributed by atoms with Gasteiger partial charge in [-0.2, -0.15) is 26.3 Å². The van der Waals surface area contributed by atoms with Crippen LogP contribution < -0.4 is 0 Å². The van der Waals surface area contributed by atoms with Crippen LogP contribution in [0.4, 0.5) is 26.3 Å². The molecule has 0 unspecified atom stereocenters. The fraction of sp³-hybridized carbons (Fsp3) is 0.579. The number of benzene rings is 2. The van der Waals surface area contributed by atoms with E-state index in [-0.39, 0.29) is 35.5 Å². The summed E-state index contributed by atoms with van der Waals surface area (Å²) in [6.45, 7) is 15.0. The maximum absolute atomic E-state index is 13.0. The van der Waals surface area contributed by atoms with Gasteiger partial charge in [-0.05, 0) is 84.7 Å². The summed E-state index contributed by atoms with van der Waals surface area (Å²) < 4.78 is 78.2. The second kappa shape index (κ2) is 11.9. The molecule has 0 aromatic heterocycles. The molecule has 0 radical (unpaired) electrons. The SMILES string of the molecule is CC(=O)c1ccc2c(c1)C[C@H]1N(C(=O)C(F)(F)F)CC[C@]2(C)C1(C)C.CC(=O)c1ccc2c(c1)[C@]1(C)CCN(C(=O)C(F)(F)F)[C@H](C2)C1(C)C. The molecule has 6 nitrogen and oxygen atoms in total. The standard InChI is InChI=1S/2C19H22F3NO2/c1-11(24)12-5-6-14-13(9-12)10-15-17(2,3)18(14,4)7-8-23(15)16(25)19(20,21)22;1-11(24)12-5-6-13-10-15-17(2,3)18(4,14(13)9-12)7-8-23(15)16(25)19(20,21)22/h2*5-6,9,15H,7-8,10H2,1-4H3/t2*15-,18+/m11/s1. The normalized spacial score (nSPS) is 27.6. The van der Waals surface area contributed by atoms with E-state index >= 15 is 0 Å². The summed E-state index contributed by atoms with van der Waals surface area (Å²) in [4.78, 5) is 49.3. The van der Waals surface area contributed by atoms with E-state index in [2.05, 4.69) is 6.92 Å². The van der Waals surface area contributed by atoms with Crippen LogP contribution >= 0.6 is 0 Å². The van der Waals surface area contributed by atoms with Gasteiger partial charge in [-0.1, -0.05) is 65.8 Å². The molecule has 2 amide bonds. The van der Waals surface area contributed by atoms with E-state index in [0.717, 1.165) is 32.1 Å². The number of halogens is 6. The van der Waals surface area contributed by atoms with Gasteiger partial charge in [0.25, 0.3) is 0 Å². The van der Waals surface area contributed by atoms with Crippen molar-refractivity contribution in [2.75, 3.05) is 13.1 Å². The number of carbonyl (C=O) groups excluding carboxylic acids is 4. The highest BCUT2D eigenvalue weighted by Gasteiger charge is 2.61. The first-order valence-electron chi connectivity index (χ1n) is 16.8. The number of likely N-dealkylation sites (tertiary alicyclic amines) is 2. The number of alkyl halides is 6. The number of carbonyl (C=O) groups is 4. The Balaban J connectivity index is 0.000000194. The summed E-state index contributed by atoms with van der Waals surface area (Å²) >= 11 is 0. The van der Waals surface area contributed by atoms with Crippen molar-refractivity contribution in [1.29, 1.82) is 0 Å². The Morgan fingerprint density at radius 3 is 1.44 bits per heavy atom. The smallest absolute Gasteiger partial charge is 0.331 e. The summed E-state index contributed by atoms with van der Waals surface area (Å²) in [7, 11) is 0. The van der Waals surface area contributed by atoms with Crippen molar-refractivity contribution in [3.05, 3.63) is 69.8 Å². The maximum atomic E-state index is 13.0. The zero-order chi connectivity index (χ0) is 37.6. The van der Waals surface area contributed by atoms with Crippen molar-refractivity contribution in [1.82, 2.24) is 9.80 Å². The molecule has 2 aliphatic heterocycles. The predicted octanol–water partition coefficient (Wildman–Crippen LogP) is 7.78. The lowest BCUT2D eigenvalue weighted by molar-refractivity contribution is -0.195. The molecule has 0 N–H and O–H groups in total. The number of amides is 2. The van der Waals surface area contributed by atoms with Crippen molar-refractivity contribution in [3.8, 4) is 0 Å². The fourth-order valence-electron chi connectivity index (χ4n) is 9.09. The molecule has 2 fully saturated rings. The molecule has 6 rings (SSSR count). The maximum Gasteiger partial charge on any atom is 0.471 e. The average Bonchev–Trinajstić information content (AvgIpc) is 2.99. The zero-order valence-electron chi connectivity index (χ0n) is 29.7. The van der Waals surface area contributed by atoms with E-state index in [1.165, 1.54) is 13.8 Å². The highest BCUT2D eigenvalue weighted by atomic mass is 19.4. The van der Waals surface area contributed by atoms with E-state index in [9.17, 15) is 45.5 Å². The molecule has 0 spiro atoms. The van der Waals surface area contributed by atoms with Crippen molar-refractivity contribution in [2.45, 2.75) is 116 Å². The van der Waals surface area contributed by atoms with Crippen LogP contribution in [0.25, 0.3) is 0 Å². The summed E-state index contributed by atoms with van der Waals surface area (Å²) in [5, 5.41) is 0. The highest BCUT2D eigenvalue weighted by Crippen LogP contribution is 2.58. The second-order valence-corrected chi connectivity index (χ2v) is 15.9. The molecular formula is C38H44F6N2O4. The van der Waals surface area contributed by atoms with Crippen LogP contribution in [0.3, 0.4) is 0 Å². The van der Waals surface area contributed by atoms with Crippen LogP contribution in [0.1, 0.15) is 111 Å². The summed E-state index contributed by atoms with van der Waals surface area (Å²) in [6.07, 6.45) is -8.12. The van der Waals surface area contributed by atoms with Crippen LogP contribution in [0, 0.1) is 10.8 Å². The van der Waals surface area contributed by atoms with Crippen molar-refractivity contribution in [3.63, 3.8) is 0 Å². The number of hydrogen-bond donors (Lipinski definition) is 0. The molecule has 272 valence electrons. The second-order valence-electron chi connectivity index (χ2n) is 15.9. The number of ketones is 2. The molecule has 2 saturated heterocycles. The third-order valence-electron chi connectivity index (χ3n) is 13.0. The lowest BCUT2D eigenvalue weighted by Crippen LogP contribution is -2.66. The number of hydrogen-bond acceptors (Lipinski definition) is 4. The zero-order valence-corrected chi connectivity index (χ0v) is 29.7. The topological polar surface area (TPSA) is 74.8 Å². The Hall–Kier alpha value is -3.70. The van der Waals surface area contributed by atoms with Crippen LogP contribution in [-0.4, -0.2) is 70.7 Å². The van der Waals surface area contributed by atoms with Gasteiger partial charge in [-0.3, -0.25) is 19.2 Å². The van der Waals surface area contributed by atoms with Gasteiger partial charge in [-0.25, -0.2) is 0 Å². The molecule has 2 aliphatic carbocycles. The van der Waals surface area contributed by atoms with Gasteiger partial charge < -0.3 is 9.80 Å². The number of piperidine rings is 2. The predicted molar refractivity (Wildman–Crippen MR) is 175 cm³/mol. The Bertz CT molecular complexity index is 1760. The van der Waals surface area contributed by atoms with E-state index in [4.69, 9.17) is 0 Å². The monoisotopic (exact) mass is 706 g/mol. The molecule has 4 bridgehead atoms. The van der Waals surface area contributed by atoms with Gasteiger partial charge in [0.05, 0.1) is 0 Å². The summed E-state index contributed by atoms with van der Waals surface area (Å²) in [5.41, 5.74) is 3.30. The highest BCUT2D eigenvalue weighted by molar-refractivity contribution is 5.95. The number of nitrogens with zero attached hydrogens (tertiary/aromatic N) is 2. The first-order chi connectivity index (χ1) is 22.8. The third-order valence-corrected chi connectivity index (χ3v) is 13.0. The quantitative estimate of drug-likeness (QED) is 0.236. The largest absolute Gasteiger partial charge is 0.471 e. The van der Waals surface area contributed by atoms with Crippen molar-refractivity contribution >= 4 is 23.4 Å². The molecule has 12 heteroatoms. The van der Waals surface area contributed by atoms with Gasteiger partial charge in [0.2, 0.25) is 0 Å². The lowest BCUT2D eigenvalue weighted by Gasteiger charge is -2.60. The van der Waals surface area contributed by atoms with Crippen LogP contribution in [0.2, 0.25) is 0 Å². The van der Waals surface area contributed by atoms with Crippen molar-refractivity contribution < 1.29 is 45.5 Å². The Morgan fingerprint density at radius 1 is 0.600 bits per heavy atom. The fourth-order valence-corrected chi connectivity index (χ4v) is 9.09. The third kappa shape index (κ3) is 5.74. The Labute approximate surface area is 288 Å². The van der Waals surface area contributed by atoms with E-state index in [1.54, 1.807) is 18.2 Å². The Morgan fingerprint density at radius 2 is 1.00 bits per heavy atom. The molecule has 2 heterocycles. The molecule has 4 aliphatic rings. The average molecular weight is 707 g/mol. The van der Waals surface area contributed by atoms with Crippen LogP contribution in [0.5, 0.6) is 0 Å². The number of Topliss-reactive ketones (excluding diaryl/α,β-unsaturated/α-hetero) is 2. The minimum atomic E-state index is -4.87. The summed E-state index contributed by atoms with van der Waals surface area (Å²) in [6, 6.07) is 9.87. The van der Waals surface area contributed by atoms with Gasteiger partial charge in [0.15, 0.2) is 11.6 Å². The van der Waals surface area contributed by atoms with Gasteiger partial charge in [0, 0.05) is 47.1 Å². The Kier molecular flexibility index (Phi) is 8.97. The molecule has 0 saturated carbocycles. The van der Waals surface area contributed by atoms with Crippen molar-refractivity contribution in [2.24, 2.45) is 10.8 Å². The first kappa shape index (κ1) is 37.6. The molecular weight excluding hydrogens is 662 g/mol. The van der Waals surface area contributed by atoms with E-state index in [1.807, 2.05) is 52.8 Å². The first-order valence-corrected chi connectivity index (χ1v) is 16.8. The van der Waals surface area contributed by atoms with E-state index < -0.39 is 47.1 Å². The van der Waals surface area contributed by atoms with Gasteiger partial charge >= 0.3 is 24.2 Å². The van der Waals surface area contributed by atoms with Gasteiger partial charge in [0.1, 0.15) is 0 Å². The van der Waals surface area contributed by atoms with Crippen LogP contribution in [-0.2, 0) is 33.3 Å². The number of fused-ring (bicyclic) bond motifs is 8. The summed E-state index contributed by atoms with van der Waals surface area (Å²) in [5.74, 6) is -3.63. The van der Waals surface area contributed by atoms with Crippen LogP contribution in [0.15, 0.2) is 36.4 Å². The van der Waals surface area contributed by atoms with E-state index in [0.29, 0.717) is 36.8 Å². The lowest BCUT2D eigenvalue weighted by atomic mass is 9.51. The molecule has 2 aromatic carbocycles.